The highest BCUT2D eigenvalue weighted by molar-refractivity contribution is 8.00. The van der Waals surface area contributed by atoms with E-state index < -0.39 is 29.3 Å². The van der Waals surface area contributed by atoms with Gasteiger partial charge in [-0.05, 0) is 70.6 Å². The van der Waals surface area contributed by atoms with Crippen LogP contribution in [0.15, 0.2) is 60.5 Å². The van der Waals surface area contributed by atoms with Crippen molar-refractivity contribution in [2.24, 2.45) is 0 Å². The largest absolute Gasteiger partial charge is 0.416 e. The highest BCUT2D eigenvalue weighted by Gasteiger charge is 2.59. The van der Waals surface area contributed by atoms with E-state index in [1.165, 1.54) is 30.3 Å². The molecule has 0 amide bonds. The molecule has 0 aromatic heterocycles. The molecule has 2 aromatic rings. The minimum absolute atomic E-state index is 0.0706. The Bertz CT molecular complexity index is 989. The summed E-state index contributed by atoms with van der Waals surface area (Å²) in [7, 11) is 0. The van der Waals surface area contributed by atoms with E-state index in [1.54, 1.807) is 0 Å². The summed E-state index contributed by atoms with van der Waals surface area (Å²) in [5.41, 5.74) is 1.25. The molecule has 0 nitrogen and oxygen atoms in total. The molecular weight excluding hydrogens is 429 g/mol. The van der Waals surface area contributed by atoms with Crippen molar-refractivity contribution in [2.75, 3.05) is 0 Å². The van der Waals surface area contributed by atoms with Crippen LogP contribution in [0.1, 0.15) is 35.1 Å². The van der Waals surface area contributed by atoms with Crippen molar-refractivity contribution in [2.45, 2.75) is 41.5 Å². The fourth-order valence-corrected chi connectivity index (χ4v) is 4.03. The highest BCUT2D eigenvalue weighted by atomic mass is 32.2. The molecule has 2 aromatic carbocycles. The minimum Gasteiger partial charge on any atom is -0.198 e. The third-order valence-corrected chi connectivity index (χ3v) is 6.03. The number of halogens is 7. The zero-order valence-corrected chi connectivity index (χ0v) is 16.4. The van der Waals surface area contributed by atoms with Crippen LogP contribution >= 0.6 is 11.8 Å². The van der Waals surface area contributed by atoms with Crippen molar-refractivity contribution in [1.82, 2.24) is 0 Å². The van der Waals surface area contributed by atoms with Gasteiger partial charge in [-0.3, -0.25) is 0 Å². The van der Waals surface area contributed by atoms with Gasteiger partial charge in [0.05, 0.1) is 5.56 Å². The maximum atomic E-state index is 13.7. The van der Waals surface area contributed by atoms with Gasteiger partial charge in [0.1, 0.15) is 0 Å². The number of thioether (sulfide) groups is 1. The molecule has 0 bridgehead atoms. The predicted molar refractivity (Wildman–Crippen MR) is 105 cm³/mol. The van der Waals surface area contributed by atoms with Crippen LogP contribution in [0.3, 0.4) is 0 Å². The molecule has 8 heteroatoms. The topological polar surface area (TPSA) is 0 Å². The van der Waals surface area contributed by atoms with Crippen LogP contribution in [0.4, 0.5) is 30.7 Å². The fourth-order valence-electron chi connectivity index (χ4n) is 3.08. The first-order valence-corrected chi connectivity index (χ1v) is 9.73. The lowest BCUT2D eigenvalue weighted by molar-refractivity contribution is -0.153. The third kappa shape index (κ3) is 4.58. The Hall–Kier alpha value is -2.22. The molecule has 0 atom stereocenters. The van der Waals surface area contributed by atoms with Gasteiger partial charge in [-0.2, -0.15) is 30.7 Å². The Morgan fingerprint density at radius 2 is 1.50 bits per heavy atom. The van der Waals surface area contributed by atoms with Crippen molar-refractivity contribution in [1.29, 1.82) is 0 Å². The van der Waals surface area contributed by atoms with Crippen molar-refractivity contribution >= 4 is 22.9 Å². The van der Waals surface area contributed by atoms with Crippen LogP contribution in [0.5, 0.6) is 0 Å². The molecule has 1 aliphatic rings. The molecule has 3 rings (SSSR count). The number of benzene rings is 2. The van der Waals surface area contributed by atoms with Gasteiger partial charge < -0.3 is 0 Å². The SMILES string of the molecule is C=C(CCC(=C)c1ccc2c(c1)SC(F)(F)C(F)(F)C2)c1cccc(C(F)(F)F)c1. The summed E-state index contributed by atoms with van der Waals surface area (Å²) < 4.78 is 92.9. The minimum atomic E-state index is -4.46. The number of rotatable bonds is 5. The van der Waals surface area contributed by atoms with Gasteiger partial charge in [-0.15, -0.1) is 0 Å². The second kappa shape index (κ2) is 7.80. The molecule has 30 heavy (non-hydrogen) atoms. The summed E-state index contributed by atoms with van der Waals surface area (Å²) in [6.45, 7) is 7.72. The normalized spacial score (nSPS) is 17.3. The first kappa shape index (κ1) is 22.5. The third-order valence-electron chi connectivity index (χ3n) is 4.88. The molecule has 0 saturated heterocycles. The maximum Gasteiger partial charge on any atom is 0.416 e. The Kier molecular flexibility index (Phi) is 5.84. The zero-order chi connectivity index (χ0) is 22.3. The first-order valence-electron chi connectivity index (χ1n) is 8.91. The number of alkyl halides is 7. The molecule has 0 spiro atoms. The Morgan fingerprint density at radius 3 is 2.10 bits per heavy atom. The van der Waals surface area contributed by atoms with Gasteiger partial charge in [0.25, 0.3) is 0 Å². The average Bonchev–Trinajstić information content (AvgIpc) is 2.65. The molecule has 0 N–H and O–H groups in total. The van der Waals surface area contributed by atoms with Gasteiger partial charge in [-0.1, -0.05) is 37.4 Å². The van der Waals surface area contributed by atoms with Crippen LogP contribution in [-0.2, 0) is 12.6 Å². The molecule has 1 aliphatic heterocycles. The van der Waals surface area contributed by atoms with E-state index in [9.17, 15) is 30.7 Å². The molecule has 1 heterocycles. The van der Waals surface area contributed by atoms with Crippen molar-refractivity contribution in [3.8, 4) is 0 Å². The molecule has 0 unspecified atom stereocenters. The van der Waals surface area contributed by atoms with Crippen molar-refractivity contribution in [3.05, 3.63) is 77.9 Å². The van der Waals surface area contributed by atoms with E-state index in [-0.39, 0.29) is 22.2 Å². The van der Waals surface area contributed by atoms with Crippen LogP contribution in [0.2, 0.25) is 0 Å². The molecule has 160 valence electrons. The van der Waals surface area contributed by atoms with Crippen molar-refractivity contribution in [3.63, 3.8) is 0 Å². The van der Waals surface area contributed by atoms with E-state index in [0.717, 1.165) is 12.1 Å². The average molecular weight is 446 g/mol. The van der Waals surface area contributed by atoms with E-state index in [4.69, 9.17) is 0 Å². The second-order valence-electron chi connectivity index (χ2n) is 7.11. The van der Waals surface area contributed by atoms with Crippen LogP contribution in [-0.4, -0.2) is 11.2 Å². The Labute approximate surface area is 173 Å². The lowest BCUT2D eigenvalue weighted by atomic mass is 9.95. The quantitative estimate of drug-likeness (QED) is 0.418. The molecule has 0 radical (unpaired) electrons. The second-order valence-corrected chi connectivity index (χ2v) is 8.26. The molecule has 0 fully saturated rings. The molecule has 0 saturated carbocycles. The fraction of sp³-hybridized carbons (Fsp3) is 0.273. The monoisotopic (exact) mass is 446 g/mol. The van der Waals surface area contributed by atoms with Gasteiger partial charge in [0.15, 0.2) is 0 Å². The maximum absolute atomic E-state index is 13.7. The Morgan fingerprint density at radius 1 is 0.900 bits per heavy atom. The summed E-state index contributed by atoms with van der Waals surface area (Å²) in [4.78, 5) is 0.0706. The zero-order valence-electron chi connectivity index (χ0n) is 15.6. The molecule has 0 aliphatic carbocycles. The summed E-state index contributed by atoms with van der Waals surface area (Å²) in [6, 6.07) is 9.13. The van der Waals surface area contributed by atoms with E-state index in [0.29, 0.717) is 35.1 Å². The summed E-state index contributed by atoms with van der Waals surface area (Å²) >= 11 is -0.171. The summed E-state index contributed by atoms with van der Waals surface area (Å²) in [5.74, 6) is -4.12. The smallest absolute Gasteiger partial charge is 0.198 e. The van der Waals surface area contributed by atoms with Crippen molar-refractivity contribution < 1.29 is 30.7 Å². The number of allylic oxidation sites excluding steroid dienone is 2. The lowest BCUT2D eigenvalue weighted by Crippen LogP contribution is -2.42. The highest BCUT2D eigenvalue weighted by Crippen LogP contribution is 2.53. The van der Waals surface area contributed by atoms with Crippen LogP contribution in [0.25, 0.3) is 11.1 Å². The first-order chi connectivity index (χ1) is 13.8. The Balaban J connectivity index is 1.70. The standard InChI is InChI=1S/C22H17F7S/c1-13(15-4-3-5-18(10-15)21(25,26)27)6-7-14(2)16-8-9-17-12-20(23,24)22(28,29)30-19(17)11-16/h3-5,8-11H,1-2,6-7,12H2. The van der Waals surface area contributed by atoms with E-state index in [2.05, 4.69) is 13.2 Å². The van der Waals surface area contributed by atoms with Gasteiger partial charge in [-0.25, -0.2) is 0 Å². The van der Waals surface area contributed by atoms with Gasteiger partial charge >= 0.3 is 17.4 Å². The number of hydrogen-bond acceptors (Lipinski definition) is 1. The van der Waals surface area contributed by atoms with Crippen LogP contribution < -0.4 is 0 Å². The van der Waals surface area contributed by atoms with E-state index in [1.807, 2.05) is 0 Å². The summed E-state index contributed by atoms with van der Waals surface area (Å²) in [6.07, 6.45) is -4.87. The van der Waals surface area contributed by atoms with E-state index >= 15 is 0 Å². The molecular formula is C22H17F7S. The lowest BCUT2D eigenvalue weighted by Gasteiger charge is -2.31. The van der Waals surface area contributed by atoms with Gasteiger partial charge in [0, 0.05) is 11.3 Å². The number of hydrogen-bond donors (Lipinski definition) is 0. The van der Waals surface area contributed by atoms with Crippen LogP contribution in [0, 0.1) is 0 Å². The summed E-state index contributed by atoms with van der Waals surface area (Å²) in [5, 5.41) is -4.20. The predicted octanol–water partition coefficient (Wildman–Crippen LogP) is 8.09. The number of fused-ring (bicyclic) bond motifs is 1. The van der Waals surface area contributed by atoms with Gasteiger partial charge in [0.2, 0.25) is 0 Å².